The van der Waals surface area contributed by atoms with Crippen LogP contribution in [0, 0.1) is 5.92 Å². The number of halogens is 1. The van der Waals surface area contributed by atoms with Crippen LogP contribution in [0.4, 0.5) is 11.4 Å². The number of nitrogens with two attached hydrogens (primary N) is 1. The molecule has 2 aromatic rings. The number of nitrogens with zero attached hydrogens (tertiary/aromatic N) is 1. The number of carbonyl (C=O) groups is 2. The van der Waals surface area contributed by atoms with Crippen LogP contribution in [0.3, 0.4) is 0 Å². The Morgan fingerprint density at radius 2 is 1.78 bits per heavy atom. The normalized spacial score (nSPS) is 22.3. The van der Waals surface area contributed by atoms with Gasteiger partial charge in [-0.25, -0.2) is 0 Å². The van der Waals surface area contributed by atoms with E-state index in [0.717, 1.165) is 54.5 Å². The van der Waals surface area contributed by atoms with Crippen molar-refractivity contribution in [2.45, 2.75) is 24.8 Å². The number of rotatable bonds is 7. The van der Waals surface area contributed by atoms with Crippen molar-refractivity contribution in [3.05, 3.63) is 88.6 Å². The van der Waals surface area contributed by atoms with Gasteiger partial charge in [0, 0.05) is 35.8 Å². The van der Waals surface area contributed by atoms with Crippen molar-refractivity contribution in [3.8, 4) is 0 Å². The van der Waals surface area contributed by atoms with E-state index < -0.39 is 0 Å². The van der Waals surface area contributed by atoms with Gasteiger partial charge >= 0.3 is 0 Å². The number of hydrogen-bond acceptors (Lipinski definition) is 5. The predicted molar refractivity (Wildman–Crippen MR) is 147 cm³/mol. The maximum absolute atomic E-state index is 13.3. The molecule has 7 nitrogen and oxygen atoms in total. The first-order valence-corrected chi connectivity index (χ1v) is 13.0. The van der Waals surface area contributed by atoms with Gasteiger partial charge in [-0.05, 0) is 54.3 Å². The molecule has 2 amide bonds. The summed E-state index contributed by atoms with van der Waals surface area (Å²) in [6.45, 7) is 2.96. The second-order valence-electron chi connectivity index (χ2n) is 9.73. The molecule has 3 aliphatic rings. The molecule has 0 radical (unpaired) electrons. The number of likely N-dealkylation sites (tertiary alicyclic amines) is 1. The minimum atomic E-state index is -0.249. The molecule has 2 aliphatic heterocycles. The van der Waals surface area contributed by atoms with Crippen LogP contribution >= 0.6 is 11.6 Å². The highest BCUT2D eigenvalue weighted by atomic mass is 35.5. The van der Waals surface area contributed by atoms with E-state index >= 15 is 0 Å². The Morgan fingerprint density at radius 1 is 1.00 bits per heavy atom. The van der Waals surface area contributed by atoms with E-state index in [4.69, 9.17) is 22.1 Å². The third-order valence-electron chi connectivity index (χ3n) is 7.21. The molecule has 2 fully saturated rings. The SMILES string of the molecule is Nc1ccccc1NC(=O)/C=C/c1ccc(C2CN(C3COC3)CC2C(=O)NC2=CC=C(Cl)CC2)cc1. The Bertz CT molecular complexity index is 1250. The molecule has 0 aromatic heterocycles. The molecule has 4 N–H and O–H groups in total. The zero-order chi connectivity index (χ0) is 25.8. The lowest BCUT2D eigenvalue weighted by molar-refractivity contribution is -0.124. The van der Waals surface area contributed by atoms with E-state index in [2.05, 4.69) is 27.7 Å². The predicted octanol–water partition coefficient (Wildman–Crippen LogP) is 4.25. The molecule has 0 saturated carbocycles. The molecule has 0 spiro atoms. The van der Waals surface area contributed by atoms with Crippen LogP contribution in [0.5, 0.6) is 0 Å². The monoisotopic (exact) mass is 518 g/mol. The Morgan fingerprint density at radius 3 is 2.46 bits per heavy atom. The molecule has 2 heterocycles. The van der Waals surface area contributed by atoms with E-state index in [1.807, 2.05) is 36.4 Å². The quantitative estimate of drug-likeness (QED) is 0.376. The number of carbonyl (C=O) groups excluding carboxylic acids is 2. The van der Waals surface area contributed by atoms with Crippen molar-refractivity contribution >= 4 is 40.9 Å². The summed E-state index contributed by atoms with van der Waals surface area (Å²) in [5.41, 5.74) is 9.93. The van der Waals surface area contributed by atoms with Gasteiger partial charge in [-0.15, -0.1) is 0 Å². The number of nitrogens with one attached hydrogen (secondary N) is 2. The average molecular weight is 519 g/mol. The lowest BCUT2D eigenvalue weighted by Gasteiger charge is -2.34. The highest BCUT2D eigenvalue weighted by molar-refractivity contribution is 6.29. The maximum atomic E-state index is 13.3. The maximum Gasteiger partial charge on any atom is 0.248 e. The smallest absolute Gasteiger partial charge is 0.248 e. The van der Waals surface area contributed by atoms with Gasteiger partial charge in [-0.3, -0.25) is 14.5 Å². The highest BCUT2D eigenvalue weighted by Crippen LogP contribution is 2.36. The molecule has 0 bridgehead atoms. The Labute approximate surface area is 222 Å². The second-order valence-corrected chi connectivity index (χ2v) is 10.2. The molecule has 1 aliphatic carbocycles. The minimum absolute atomic E-state index is 0.0474. The number of benzene rings is 2. The fourth-order valence-corrected chi connectivity index (χ4v) is 5.11. The number of nitrogen functional groups attached to an aromatic ring is 1. The van der Waals surface area contributed by atoms with E-state index in [9.17, 15) is 9.59 Å². The molecule has 8 heteroatoms. The van der Waals surface area contributed by atoms with Crippen molar-refractivity contribution in [3.63, 3.8) is 0 Å². The number of allylic oxidation sites excluding steroid dienone is 4. The summed E-state index contributed by atoms with van der Waals surface area (Å²) in [5, 5.41) is 6.74. The molecule has 2 aromatic carbocycles. The van der Waals surface area contributed by atoms with Gasteiger partial charge in [0.25, 0.3) is 0 Å². The zero-order valence-corrected chi connectivity index (χ0v) is 21.3. The van der Waals surface area contributed by atoms with Crippen LogP contribution in [-0.2, 0) is 14.3 Å². The van der Waals surface area contributed by atoms with Gasteiger partial charge in [0.15, 0.2) is 0 Å². The van der Waals surface area contributed by atoms with Crippen molar-refractivity contribution < 1.29 is 14.3 Å². The van der Waals surface area contributed by atoms with Gasteiger partial charge in [-0.1, -0.05) is 48.0 Å². The topological polar surface area (TPSA) is 96.7 Å². The first-order chi connectivity index (χ1) is 18.0. The summed E-state index contributed by atoms with van der Waals surface area (Å²) >= 11 is 6.07. The highest BCUT2D eigenvalue weighted by Gasteiger charge is 2.42. The van der Waals surface area contributed by atoms with E-state index in [-0.39, 0.29) is 23.7 Å². The zero-order valence-electron chi connectivity index (χ0n) is 20.5. The van der Waals surface area contributed by atoms with Crippen LogP contribution < -0.4 is 16.4 Å². The molecule has 2 saturated heterocycles. The fourth-order valence-electron chi connectivity index (χ4n) is 4.95. The van der Waals surface area contributed by atoms with Gasteiger partial charge in [0.2, 0.25) is 11.8 Å². The van der Waals surface area contributed by atoms with Crippen LogP contribution in [0.15, 0.2) is 77.5 Å². The van der Waals surface area contributed by atoms with Crippen molar-refractivity contribution in [2.24, 2.45) is 5.92 Å². The van der Waals surface area contributed by atoms with Gasteiger partial charge in [0.1, 0.15) is 0 Å². The average Bonchev–Trinajstić information content (AvgIpc) is 3.29. The third-order valence-corrected chi connectivity index (χ3v) is 7.53. The summed E-state index contributed by atoms with van der Waals surface area (Å²) in [6, 6.07) is 15.6. The summed E-state index contributed by atoms with van der Waals surface area (Å²) in [4.78, 5) is 28.0. The Balaban J connectivity index is 1.26. The summed E-state index contributed by atoms with van der Waals surface area (Å²) in [7, 11) is 0. The molecule has 2 unspecified atom stereocenters. The first kappa shape index (κ1) is 25.3. The van der Waals surface area contributed by atoms with Gasteiger partial charge < -0.3 is 21.1 Å². The molecule has 37 heavy (non-hydrogen) atoms. The van der Waals surface area contributed by atoms with Gasteiger partial charge in [-0.2, -0.15) is 0 Å². The second kappa shape index (κ2) is 11.3. The Kier molecular flexibility index (Phi) is 7.74. The number of amides is 2. The standard InChI is InChI=1S/C29H31ClN4O3/c30-21-10-12-22(13-11-21)32-29(36)25-16-34(23-17-37-18-23)15-24(25)20-8-5-19(6-9-20)7-14-28(35)33-27-4-2-1-3-26(27)31/h1-10,12,14,23-25H,11,13,15-18,31H2,(H,32,36)(H,33,35)/b14-7+. The lowest BCUT2D eigenvalue weighted by atomic mass is 9.87. The van der Waals surface area contributed by atoms with E-state index in [1.54, 1.807) is 18.2 Å². The Hall–Kier alpha value is -3.39. The summed E-state index contributed by atoms with van der Waals surface area (Å²) < 4.78 is 5.40. The van der Waals surface area contributed by atoms with Crippen molar-refractivity contribution in [1.82, 2.24) is 10.2 Å². The molecule has 2 atom stereocenters. The largest absolute Gasteiger partial charge is 0.397 e. The minimum Gasteiger partial charge on any atom is -0.397 e. The van der Waals surface area contributed by atoms with Gasteiger partial charge in [0.05, 0.1) is 36.5 Å². The van der Waals surface area contributed by atoms with E-state index in [1.165, 1.54) is 6.08 Å². The van der Waals surface area contributed by atoms with Crippen LogP contribution in [0.25, 0.3) is 6.08 Å². The van der Waals surface area contributed by atoms with E-state index in [0.29, 0.717) is 24.0 Å². The molecule has 192 valence electrons. The van der Waals surface area contributed by atoms with Crippen LogP contribution in [0.1, 0.15) is 29.9 Å². The lowest BCUT2D eigenvalue weighted by Crippen LogP contribution is -2.48. The van der Waals surface area contributed by atoms with Crippen LogP contribution in [-0.4, -0.2) is 49.1 Å². The van der Waals surface area contributed by atoms with Crippen LogP contribution in [0.2, 0.25) is 0 Å². The number of ether oxygens (including phenoxy) is 1. The van der Waals surface area contributed by atoms with Crippen molar-refractivity contribution in [1.29, 1.82) is 0 Å². The molecule has 5 rings (SSSR count). The number of para-hydroxylation sites is 2. The first-order valence-electron chi connectivity index (χ1n) is 12.6. The third kappa shape index (κ3) is 6.13. The number of hydrogen-bond donors (Lipinski definition) is 3. The summed E-state index contributed by atoms with van der Waals surface area (Å²) in [5.74, 6) is -0.287. The molecular weight excluding hydrogens is 488 g/mol. The number of anilines is 2. The summed E-state index contributed by atoms with van der Waals surface area (Å²) in [6.07, 6.45) is 8.50. The van der Waals surface area contributed by atoms with Crippen molar-refractivity contribution in [2.75, 3.05) is 37.4 Å². The fraction of sp³-hybridized carbons (Fsp3) is 0.310. The molecular formula is C29H31ClN4O3.